The average molecular weight is 601 g/mol. The molecule has 2 aliphatic rings. The molecule has 38 heavy (non-hydrogen) atoms. The van der Waals surface area contributed by atoms with E-state index in [-0.39, 0.29) is 23.3 Å². The Morgan fingerprint density at radius 3 is 2.61 bits per heavy atom. The molecule has 2 aliphatic heterocycles. The normalized spacial score (nSPS) is 21.9. The number of nitrogens with one attached hydrogen (secondary N) is 1. The lowest BCUT2D eigenvalue weighted by Crippen LogP contribution is -2.49. The minimum absolute atomic E-state index is 0.0213. The molecule has 0 aliphatic carbocycles. The van der Waals surface area contributed by atoms with E-state index in [4.69, 9.17) is 14.2 Å². The number of halogens is 1. The fourth-order valence-electron chi connectivity index (χ4n) is 5.16. The Bertz CT molecular complexity index is 1430. The second-order valence-electron chi connectivity index (χ2n) is 10.2. The molecule has 7 nitrogen and oxygen atoms in total. The van der Waals surface area contributed by atoms with Crippen LogP contribution in [0, 0.1) is 5.92 Å². The lowest BCUT2D eigenvalue weighted by Gasteiger charge is -2.48. The van der Waals surface area contributed by atoms with Crippen LogP contribution in [-0.2, 0) is 26.2 Å². The van der Waals surface area contributed by atoms with E-state index in [0.29, 0.717) is 23.2 Å². The molecule has 3 aromatic carbocycles. The van der Waals surface area contributed by atoms with Gasteiger partial charge in [-0.2, -0.15) is 0 Å². The van der Waals surface area contributed by atoms with E-state index >= 15 is 0 Å². The molecule has 1 amide bonds. The Labute approximate surface area is 231 Å². The molecule has 3 atom stereocenters. The second kappa shape index (κ2) is 10.7. The Morgan fingerprint density at radius 2 is 1.84 bits per heavy atom. The molecule has 5 rings (SSSR count). The van der Waals surface area contributed by atoms with Crippen LogP contribution in [0.5, 0.6) is 11.5 Å². The molecular formula is C29H30BrNO6S. The summed E-state index contributed by atoms with van der Waals surface area (Å²) in [5, 5.41) is 0. The van der Waals surface area contributed by atoms with Crippen LogP contribution in [0.4, 0.5) is 0 Å². The summed E-state index contributed by atoms with van der Waals surface area (Å²) in [7, 11) is -3.98. The highest BCUT2D eigenvalue weighted by atomic mass is 79.9. The quantitative estimate of drug-likeness (QED) is 0.362. The molecule has 0 radical (unpaired) electrons. The number of benzene rings is 3. The van der Waals surface area contributed by atoms with Crippen molar-refractivity contribution >= 4 is 31.9 Å². The molecular weight excluding hydrogens is 570 g/mol. The summed E-state index contributed by atoms with van der Waals surface area (Å²) in [5.41, 5.74) is 1.49. The highest BCUT2D eigenvalue weighted by molar-refractivity contribution is 9.10. The number of carbonyl (C=O) groups is 1. The standard InChI is InChI=1S/C29H30BrNO6S/c1-29(2)25-13-11-22(17-27(32)31-38(33,34)23-10-6-9-20(30)15-23)36-28(25)24-16-21(12-14-26(24)37-29)35-18-19-7-4-3-5-8-19/h3-10,12,14-16,22,25,28H,11,13,17-18H2,1-2H3,(H,31,32)/t22-,25+,28-/m0/s1. The van der Waals surface area contributed by atoms with Crippen LogP contribution < -0.4 is 14.2 Å². The minimum atomic E-state index is -3.98. The Hall–Kier alpha value is -2.88. The number of hydrogen-bond donors (Lipinski definition) is 1. The average Bonchev–Trinajstić information content (AvgIpc) is 2.87. The van der Waals surface area contributed by atoms with Crippen LogP contribution in [0.15, 0.2) is 82.2 Å². The molecule has 9 heteroatoms. The van der Waals surface area contributed by atoms with Gasteiger partial charge in [-0.25, -0.2) is 13.1 Å². The molecule has 0 aromatic heterocycles. The number of sulfonamides is 1. The van der Waals surface area contributed by atoms with Gasteiger partial charge >= 0.3 is 0 Å². The van der Waals surface area contributed by atoms with Crippen LogP contribution >= 0.6 is 15.9 Å². The first kappa shape index (κ1) is 26.7. The summed E-state index contributed by atoms with van der Waals surface area (Å²) >= 11 is 3.27. The van der Waals surface area contributed by atoms with E-state index in [9.17, 15) is 13.2 Å². The van der Waals surface area contributed by atoms with Gasteiger partial charge in [0.15, 0.2) is 0 Å². The van der Waals surface area contributed by atoms with Crippen molar-refractivity contribution in [2.45, 2.75) is 62.4 Å². The van der Waals surface area contributed by atoms with Crippen molar-refractivity contribution in [3.8, 4) is 11.5 Å². The van der Waals surface area contributed by atoms with E-state index in [2.05, 4.69) is 20.7 Å². The van der Waals surface area contributed by atoms with Crippen molar-refractivity contribution in [3.63, 3.8) is 0 Å². The molecule has 3 aromatic rings. The maximum Gasteiger partial charge on any atom is 0.264 e. The lowest BCUT2D eigenvalue weighted by molar-refractivity contribution is -0.155. The van der Waals surface area contributed by atoms with E-state index < -0.39 is 27.6 Å². The maximum atomic E-state index is 12.8. The summed E-state index contributed by atoms with van der Waals surface area (Å²) in [6.45, 7) is 4.54. The predicted octanol–water partition coefficient (Wildman–Crippen LogP) is 5.93. The summed E-state index contributed by atoms with van der Waals surface area (Å²) in [4.78, 5) is 12.8. The third-order valence-electron chi connectivity index (χ3n) is 7.07. The molecule has 0 spiro atoms. The highest BCUT2D eigenvalue weighted by Crippen LogP contribution is 2.51. The first-order valence-corrected chi connectivity index (χ1v) is 14.8. The van der Waals surface area contributed by atoms with E-state index in [1.165, 1.54) is 12.1 Å². The Kier molecular flexibility index (Phi) is 7.53. The first-order chi connectivity index (χ1) is 18.1. The Balaban J connectivity index is 1.30. The monoisotopic (exact) mass is 599 g/mol. The first-order valence-electron chi connectivity index (χ1n) is 12.6. The van der Waals surface area contributed by atoms with Gasteiger partial charge in [0.05, 0.1) is 23.5 Å². The second-order valence-corrected chi connectivity index (χ2v) is 12.8. The van der Waals surface area contributed by atoms with Gasteiger partial charge in [0.25, 0.3) is 10.0 Å². The fraction of sp³-hybridized carbons (Fsp3) is 0.345. The van der Waals surface area contributed by atoms with Crippen LogP contribution in [0.2, 0.25) is 0 Å². The molecule has 2 heterocycles. The van der Waals surface area contributed by atoms with Crippen molar-refractivity contribution in [1.29, 1.82) is 0 Å². The third kappa shape index (κ3) is 5.90. The van der Waals surface area contributed by atoms with Crippen molar-refractivity contribution in [2.75, 3.05) is 0 Å². The maximum absolute atomic E-state index is 12.8. The van der Waals surface area contributed by atoms with Gasteiger partial charge in [-0.05, 0) is 68.7 Å². The molecule has 1 fully saturated rings. The molecule has 1 N–H and O–H groups in total. The van der Waals surface area contributed by atoms with Gasteiger partial charge in [0, 0.05) is 16.0 Å². The minimum Gasteiger partial charge on any atom is -0.489 e. The Morgan fingerprint density at radius 1 is 1.05 bits per heavy atom. The van der Waals surface area contributed by atoms with Gasteiger partial charge in [-0.1, -0.05) is 52.3 Å². The van der Waals surface area contributed by atoms with E-state index in [1.54, 1.807) is 12.1 Å². The van der Waals surface area contributed by atoms with Crippen LogP contribution in [-0.4, -0.2) is 26.0 Å². The van der Waals surface area contributed by atoms with E-state index in [0.717, 1.165) is 23.3 Å². The number of hydrogen-bond acceptors (Lipinski definition) is 6. The topological polar surface area (TPSA) is 90.9 Å². The molecule has 200 valence electrons. The van der Waals surface area contributed by atoms with Crippen LogP contribution in [0.3, 0.4) is 0 Å². The highest BCUT2D eigenvalue weighted by Gasteiger charge is 2.48. The molecule has 0 saturated carbocycles. The number of ether oxygens (including phenoxy) is 3. The lowest BCUT2D eigenvalue weighted by atomic mass is 9.75. The van der Waals surface area contributed by atoms with Gasteiger partial charge in [-0.15, -0.1) is 0 Å². The summed E-state index contributed by atoms with van der Waals surface area (Å²) in [5.74, 6) is 0.910. The number of rotatable bonds is 7. The van der Waals surface area contributed by atoms with Crippen molar-refractivity contribution in [2.24, 2.45) is 5.92 Å². The zero-order chi connectivity index (χ0) is 26.9. The molecule has 0 unspecified atom stereocenters. The van der Waals surface area contributed by atoms with Crippen molar-refractivity contribution in [3.05, 3.63) is 88.4 Å². The zero-order valence-electron chi connectivity index (χ0n) is 21.2. The van der Waals surface area contributed by atoms with Gasteiger partial charge in [0.2, 0.25) is 5.91 Å². The summed E-state index contributed by atoms with van der Waals surface area (Å²) in [6, 6.07) is 21.9. The van der Waals surface area contributed by atoms with Gasteiger partial charge in [-0.3, -0.25) is 4.79 Å². The van der Waals surface area contributed by atoms with E-state index in [1.807, 2.05) is 62.4 Å². The van der Waals surface area contributed by atoms with Gasteiger partial charge < -0.3 is 14.2 Å². The number of amides is 1. The molecule has 1 saturated heterocycles. The fourth-order valence-corrected chi connectivity index (χ4v) is 6.75. The molecule has 0 bridgehead atoms. The zero-order valence-corrected chi connectivity index (χ0v) is 23.6. The van der Waals surface area contributed by atoms with Crippen LogP contribution in [0.25, 0.3) is 0 Å². The van der Waals surface area contributed by atoms with Crippen molar-refractivity contribution < 1.29 is 27.4 Å². The predicted molar refractivity (Wildman–Crippen MR) is 146 cm³/mol. The summed E-state index contributed by atoms with van der Waals surface area (Å²) < 4.78 is 47.1. The summed E-state index contributed by atoms with van der Waals surface area (Å²) in [6.07, 6.45) is 0.615. The van der Waals surface area contributed by atoms with Gasteiger partial charge in [0.1, 0.15) is 23.7 Å². The largest absolute Gasteiger partial charge is 0.489 e. The SMILES string of the molecule is CC1(C)Oc2ccc(OCc3ccccc3)cc2[C@@H]2O[C@H](CC(=O)NS(=O)(=O)c3cccc(Br)c3)CC[C@H]21. The van der Waals surface area contributed by atoms with Crippen LogP contribution in [0.1, 0.15) is 50.3 Å². The number of fused-ring (bicyclic) bond motifs is 3. The van der Waals surface area contributed by atoms with Crippen molar-refractivity contribution in [1.82, 2.24) is 4.72 Å². The number of carbonyl (C=O) groups excluding carboxylic acids is 1. The third-order valence-corrected chi connectivity index (χ3v) is 8.94. The smallest absolute Gasteiger partial charge is 0.264 e.